The fourth-order valence-electron chi connectivity index (χ4n) is 7.03. The molecular weight excluding hydrogens is 290 g/mol. The monoisotopic (exact) mass is 313 g/mol. The normalized spacial score (nSPS) is 50.1. The SMILES string of the molecule is COc1ccc2c3c1OC1C(OC)CCC4C5N(C)C5(C2)C[C@@]341. The molecule has 2 heterocycles. The Morgan fingerprint density at radius 1 is 1.26 bits per heavy atom. The number of hydrogen-bond donors (Lipinski definition) is 0. The molecule has 4 nitrogen and oxygen atoms in total. The summed E-state index contributed by atoms with van der Waals surface area (Å²) in [6.45, 7) is 0. The summed E-state index contributed by atoms with van der Waals surface area (Å²) >= 11 is 0. The average molecular weight is 313 g/mol. The van der Waals surface area contributed by atoms with Crippen LogP contribution in [-0.4, -0.2) is 50.0 Å². The number of fused-ring (bicyclic) bond motifs is 1. The predicted molar refractivity (Wildman–Crippen MR) is 85.2 cm³/mol. The van der Waals surface area contributed by atoms with E-state index >= 15 is 0 Å². The highest BCUT2D eigenvalue weighted by atomic mass is 16.6. The first kappa shape index (κ1) is 13.1. The van der Waals surface area contributed by atoms with Gasteiger partial charge in [-0.05, 0) is 50.3 Å². The Balaban J connectivity index is 1.64. The van der Waals surface area contributed by atoms with Crippen LogP contribution in [0.3, 0.4) is 0 Å². The Hall–Kier alpha value is -1.26. The Bertz CT molecular complexity index is 734. The molecule has 122 valence electrons. The first-order valence-electron chi connectivity index (χ1n) is 8.80. The lowest BCUT2D eigenvalue weighted by Gasteiger charge is -2.48. The summed E-state index contributed by atoms with van der Waals surface area (Å²) in [5.74, 6) is 2.62. The molecule has 0 aromatic heterocycles. The van der Waals surface area contributed by atoms with E-state index in [1.807, 2.05) is 7.11 Å². The Labute approximate surface area is 136 Å². The molecule has 23 heavy (non-hydrogen) atoms. The fourth-order valence-corrected chi connectivity index (χ4v) is 7.03. The highest BCUT2D eigenvalue weighted by Gasteiger charge is 2.81. The van der Waals surface area contributed by atoms with Gasteiger partial charge in [0.05, 0.1) is 13.2 Å². The minimum atomic E-state index is 0.160. The highest BCUT2D eigenvalue weighted by molar-refractivity contribution is 5.64. The molecule has 3 aliphatic carbocycles. The van der Waals surface area contributed by atoms with Crippen LogP contribution in [0.4, 0.5) is 0 Å². The minimum Gasteiger partial charge on any atom is -0.493 e. The van der Waals surface area contributed by atoms with E-state index in [2.05, 4.69) is 24.1 Å². The van der Waals surface area contributed by atoms with E-state index in [1.165, 1.54) is 30.4 Å². The van der Waals surface area contributed by atoms with Gasteiger partial charge in [-0.1, -0.05) is 6.07 Å². The maximum absolute atomic E-state index is 6.58. The van der Waals surface area contributed by atoms with Crippen molar-refractivity contribution in [1.29, 1.82) is 0 Å². The van der Waals surface area contributed by atoms with E-state index in [4.69, 9.17) is 14.2 Å². The number of piperidine rings is 1. The van der Waals surface area contributed by atoms with Crippen LogP contribution in [-0.2, 0) is 16.6 Å². The number of hydrogen-bond acceptors (Lipinski definition) is 4. The summed E-state index contributed by atoms with van der Waals surface area (Å²) in [6.07, 6.45) is 5.14. The van der Waals surface area contributed by atoms with E-state index in [9.17, 15) is 0 Å². The largest absolute Gasteiger partial charge is 0.493 e. The Morgan fingerprint density at radius 3 is 2.91 bits per heavy atom. The lowest BCUT2D eigenvalue weighted by Crippen LogP contribution is -2.56. The topological polar surface area (TPSA) is 30.7 Å². The van der Waals surface area contributed by atoms with Gasteiger partial charge in [0.25, 0.3) is 0 Å². The lowest BCUT2D eigenvalue weighted by molar-refractivity contribution is -0.0739. The highest BCUT2D eigenvalue weighted by Crippen LogP contribution is 2.75. The van der Waals surface area contributed by atoms with Crippen LogP contribution in [0.25, 0.3) is 0 Å². The third-order valence-electron chi connectivity index (χ3n) is 7.79. The first-order valence-corrected chi connectivity index (χ1v) is 8.80. The van der Waals surface area contributed by atoms with Gasteiger partial charge in [0.2, 0.25) is 0 Å². The molecule has 2 bridgehead atoms. The van der Waals surface area contributed by atoms with Crippen LogP contribution in [0.5, 0.6) is 11.5 Å². The Kier molecular flexibility index (Phi) is 2.10. The van der Waals surface area contributed by atoms with Gasteiger partial charge >= 0.3 is 0 Å². The van der Waals surface area contributed by atoms with Crippen molar-refractivity contribution < 1.29 is 14.2 Å². The van der Waals surface area contributed by atoms with Crippen molar-refractivity contribution in [3.63, 3.8) is 0 Å². The van der Waals surface area contributed by atoms with E-state index in [0.717, 1.165) is 24.0 Å². The van der Waals surface area contributed by atoms with Crippen molar-refractivity contribution in [2.24, 2.45) is 5.92 Å². The molecule has 1 aromatic carbocycles. The summed E-state index contributed by atoms with van der Waals surface area (Å²) in [5.41, 5.74) is 3.51. The van der Waals surface area contributed by atoms with Crippen LogP contribution in [0.15, 0.2) is 12.1 Å². The standard InChI is InChI=1S/C19H23NO3/c1-20-16-11-5-7-13(22-3)17-19(11)9-18(16,20)8-10-4-6-12(21-2)15(23-17)14(10)19/h4,6,11,13,16-17H,5,7-9H2,1-3H3/t11?,13?,16?,17?,18?,19-,20?/m0/s1. The van der Waals surface area contributed by atoms with Gasteiger partial charge in [0.15, 0.2) is 11.5 Å². The van der Waals surface area contributed by atoms with Crippen LogP contribution < -0.4 is 9.47 Å². The molecule has 6 unspecified atom stereocenters. The molecule has 0 amide bonds. The summed E-state index contributed by atoms with van der Waals surface area (Å²) in [7, 11) is 5.91. The molecule has 2 saturated carbocycles. The molecule has 2 spiro atoms. The van der Waals surface area contributed by atoms with Crippen LogP contribution in [0.1, 0.15) is 30.4 Å². The van der Waals surface area contributed by atoms with E-state index < -0.39 is 0 Å². The Morgan fingerprint density at radius 2 is 2.13 bits per heavy atom. The van der Waals surface area contributed by atoms with Gasteiger partial charge < -0.3 is 14.2 Å². The molecule has 0 N–H and O–H groups in total. The maximum atomic E-state index is 6.58. The van der Waals surface area contributed by atoms with Crippen molar-refractivity contribution in [2.45, 2.75) is 54.9 Å². The van der Waals surface area contributed by atoms with Crippen LogP contribution in [0, 0.1) is 5.92 Å². The van der Waals surface area contributed by atoms with Crippen molar-refractivity contribution in [3.8, 4) is 11.5 Å². The van der Waals surface area contributed by atoms with Crippen molar-refractivity contribution in [3.05, 3.63) is 23.3 Å². The number of likely N-dealkylation sites (N-methyl/N-ethyl adjacent to an activating group) is 1. The maximum Gasteiger partial charge on any atom is 0.165 e. The number of ether oxygens (including phenoxy) is 3. The van der Waals surface area contributed by atoms with Gasteiger partial charge in [-0.25, -0.2) is 0 Å². The quantitative estimate of drug-likeness (QED) is 0.783. The number of benzene rings is 1. The molecule has 7 atom stereocenters. The summed E-state index contributed by atoms with van der Waals surface area (Å²) in [6, 6.07) is 5.11. The minimum absolute atomic E-state index is 0.160. The molecule has 2 aliphatic heterocycles. The van der Waals surface area contributed by atoms with Gasteiger partial charge in [-0.2, -0.15) is 0 Å². The number of likely N-dealkylation sites (tertiary alicyclic amines) is 1. The second-order valence-corrected chi connectivity index (χ2v) is 8.18. The van der Waals surface area contributed by atoms with Gasteiger partial charge in [0.1, 0.15) is 6.10 Å². The van der Waals surface area contributed by atoms with Gasteiger partial charge in [0, 0.05) is 29.7 Å². The molecule has 1 aromatic rings. The average Bonchev–Trinajstić information content (AvgIpc) is 2.88. The zero-order valence-electron chi connectivity index (χ0n) is 14.0. The number of methoxy groups -OCH3 is 2. The third-order valence-corrected chi connectivity index (χ3v) is 7.79. The fraction of sp³-hybridized carbons (Fsp3) is 0.684. The van der Waals surface area contributed by atoms with E-state index in [-0.39, 0.29) is 17.6 Å². The number of nitrogens with zero attached hydrogens (tertiary/aromatic N) is 1. The molecule has 1 saturated heterocycles. The molecule has 3 fully saturated rings. The molecule has 6 rings (SSSR count). The second kappa shape index (κ2) is 3.70. The van der Waals surface area contributed by atoms with E-state index in [0.29, 0.717) is 11.5 Å². The predicted octanol–water partition coefficient (Wildman–Crippen LogP) is 2.13. The number of rotatable bonds is 2. The van der Waals surface area contributed by atoms with Crippen LogP contribution >= 0.6 is 0 Å². The van der Waals surface area contributed by atoms with E-state index in [1.54, 1.807) is 7.11 Å². The lowest BCUT2D eigenvalue weighted by atomic mass is 9.59. The van der Waals surface area contributed by atoms with Crippen molar-refractivity contribution in [1.82, 2.24) is 4.90 Å². The van der Waals surface area contributed by atoms with Crippen molar-refractivity contribution in [2.75, 3.05) is 21.3 Å². The van der Waals surface area contributed by atoms with Gasteiger partial charge in [-0.15, -0.1) is 0 Å². The summed E-state index contributed by atoms with van der Waals surface area (Å²) < 4.78 is 18.1. The zero-order chi connectivity index (χ0) is 15.6. The first-order chi connectivity index (χ1) is 11.2. The molecule has 4 heteroatoms. The molecular formula is C19H23NO3. The zero-order valence-corrected chi connectivity index (χ0v) is 14.0. The smallest absolute Gasteiger partial charge is 0.165 e. The summed E-state index contributed by atoms with van der Waals surface area (Å²) in [4.78, 5) is 2.64. The van der Waals surface area contributed by atoms with Crippen molar-refractivity contribution >= 4 is 0 Å². The molecule has 0 radical (unpaired) electrons. The summed E-state index contributed by atoms with van der Waals surface area (Å²) in [5, 5.41) is 0. The third kappa shape index (κ3) is 1.15. The second-order valence-electron chi connectivity index (χ2n) is 8.18. The van der Waals surface area contributed by atoms with Gasteiger partial charge in [-0.3, -0.25) is 4.90 Å². The molecule has 5 aliphatic rings. The van der Waals surface area contributed by atoms with Crippen LogP contribution in [0.2, 0.25) is 0 Å².